The molecule has 1 heterocycles. The van der Waals surface area contributed by atoms with E-state index in [9.17, 15) is 14.0 Å². The summed E-state index contributed by atoms with van der Waals surface area (Å²) in [7, 11) is 1.70. The molecule has 0 spiro atoms. The second kappa shape index (κ2) is 6.79. The Bertz CT molecular complexity index is 640. The lowest BCUT2D eigenvalue weighted by molar-refractivity contribution is -0.131. The lowest BCUT2D eigenvalue weighted by Crippen LogP contribution is -2.43. The third-order valence-corrected chi connectivity index (χ3v) is 4.30. The molecule has 0 unspecified atom stereocenters. The van der Waals surface area contributed by atoms with Crippen LogP contribution in [-0.2, 0) is 4.79 Å². The van der Waals surface area contributed by atoms with Gasteiger partial charge in [-0.3, -0.25) is 4.79 Å². The standard InChI is InChI=1S/C18H26FN3O2/c1-12-8-14(6-7-15(12)19)20-17(24)21(5)10-13-9-16(23)22(11-13)18(2,3)4/h6-8,13H,9-11H2,1-5H3,(H,20,24)/t13-/m1/s1. The molecule has 1 saturated heterocycles. The van der Waals surface area contributed by atoms with Crippen LogP contribution in [0.15, 0.2) is 18.2 Å². The Morgan fingerprint density at radius 3 is 2.62 bits per heavy atom. The van der Waals surface area contributed by atoms with Gasteiger partial charge in [0.2, 0.25) is 5.91 Å². The molecule has 2 rings (SSSR count). The van der Waals surface area contributed by atoms with E-state index in [0.717, 1.165) is 0 Å². The lowest BCUT2D eigenvalue weighted by atomic mass is 10.1. The van der Waals surface area contributed by atoms with E-state index in [1.165, 1.54) is 12.1 Å². The van der Waals surface area contributed by atoms with Crippen LogP contribution < -0.4 is 5.32 Å². The number of halogens is 1. The van der Waals surface area contributed by atoms with Gasteiger partial charge in [0.25, 0.3) is 0 Å². The van der Waals surface area contributed by atoms with Crippen molar-refractivity contribution in [3.8, 4) is 0 Å². The maximum Gasteiger partial charge on any atom is 0.321 e. The van der Waals surface area contributed by atoms with Crippen LogP contribution in [0.25, 0.3) is 0 Å². The first-order chi connectivity index (χ1) is 11.1. The second-order valence-electron chi connectivity index (χ2n) is 7.52. The Hall–Kier alpha value is -2.11. The highest BCUT2D eigenvalue weighted by atomic mass is 19.1. The quantitative estimate of drug-likeness (QED) is 0.922. The Kier molecular flexibility index (Phi) is 5.16. The number of nitrogens with zero attached hydrogens (tertiary/aromatic N) is 2. The first-order valence-corrected chi connectivity index (χ1v) is 8.16. The van der Waals surface area contributed by atoms with Crippen LogP contribution in [0.5, 0.6) is 0 Å². The molecule has 24 heavy (non-hydrogen) atoms. The van der Waals surface area contributed by atoms with Gasteiger partial charge in [-0.05, 0) is 51.5 Å². The Morgan fingerprint density at radius 2 is 2.08 bits per heavy atom. The predicted octanol–water partition coefficient (Wildman–Crippen LogP) is 3.24. The summed E-state index contributed by atoms with van der Waals surface area (Å²) in [5.74, 6) is -0.0361. The van der Waals surface area contributed by atoms with E-state index in [4.69, 9.17) is 0 Å². The van der Waals surface area contributed by atoms with Crippen molar-refractivity contribution in [2.75, 3.05) is 25.5 Å². The molecule has 3 amide bonds. The Morgan fingerprint density at radius 1 is 1.42 bits per heavy atom. The van der Waals surface area contributed by atoms with Gasteiger partial charge in [-0.2, -0.15) is 0 Å². The molecule has 0 aromatic heterocycles. The molecule has 5 nitrogen and oxygen atoms in total. The van der Waals surface area contributed by atoms with E-state index in [1.807, 2.05) is 25.7 Å². The van der Waals surface area contributed by atoms with Crippen LogP contribution >= 0.6 is 0 Å². The predicted molar refractivity (Wildman–Crippen MR) is 92.4 cm³/mol. The number of aryl methyl sites for hydroxylation is 1. The summed E-state index contributed by atoms with van der Waals surface area (Å²) in [6, 6.07) is 4.21. The molecular weight excluding hydrogens is 309 g/mol. The van der Waals surface area contributed by atoms with E-state index in [1.54, 1.807) is 24.9 Å². The van der Waals surface area contributed by atoms with Crippen molar-refractivity contribution in [1.82, 2.24) is 9.80 Å². The van der Waals surface area contributed by atoms with Crippen LogP contribution in [0.3, 0.4) is 0 Å². The number of hydrogen-bond donors (Lipinski definition) is 1. The number of benzene rings is 1. The van der Waals surface area contributed by atoms with Gasteiger partial charge in [0.1, 0.15) is 5.82 Å². The molecule has 1 aliphatic heterocycles. The number of hydrogen-bond acceptors (Lipinski definition) is 2. The van der Waals surface area contributed by atoms with Crippen molar-refractivity contribution in [3.63, 3.8) is 0 Å². The van der Waals surface area contributed by atoms with Gasteiger partial charge in [-0.1, -0.05) is 0 Å². The number of nitrogens with one attached hydrogen (secondary N) is 1. The summed E-state index contributed by atoms with van der Waals surface area (Å²) in [6.07, 6.45) is 0.463. The van der Waals surface area contributed by atoms with Crippen LogP contribution in [-0.4, -0.2) is 47.4 Å². The molecule has 6 heteroatoms. The molecule has 1 aromatic carbocycles. The maximum atomic E-state index is 13.3. The number of urea groups is 1. The minimum absolute atomic E-state index is 0.127. The van der Waals surface area contributed by atoms with Gasteiger partial charge in [0.05, 0.1) is 0 Å². The molecule has 1 N–H and O–H groups in total. The largest absolute Gasteiger partial charge is 0.337 e. The monoisotopic (exact) mass is 335 g/mol. The highest BCUT2D eigenvalue weighted by molar-refractivity contribution is 5.89. The van der Waals surface area contributed by atoms with Crippen LogP contribution in [0.2, 0.25) is 0 Å². The lowest BCUT2D eigenvalue weighted by Gasteiger charge is -2.32. The minimum atomic E-state index is -0.298. The van der Waals surface area contributed by atoms with E-state index in [0.29, 0.717) is 30.8 Å². The zero-order valence-corrected chi connectivity index (χ0v) is 15.0. The molecule has 1 aliphatic rings. The first-order valence-electron chi connectivity index (χ1n) is 8.16. The number of carbonyl (C=O) groups excluding carboxylic acids is 2. The van der Waals surface area contributed by atoms with Crippen LogP contribution in [0.1, 0.15) is 32.8 Å². The van der Waals surface area contributed by atoms with Crippen molar-refractivity contribution in [2.24, 2.45) is 5.92 Å². The molecule has 132 valence electrons. The second-order valence-corrected chi connectivity index (χ2v) is 7.52. The van der Waals surface area contributed by atoms with Gasteiger partial charge in [0.15, 0.2) is 0 Å². The fourth-order valence-electron chi connectivity index (χ4n) is 2.96. The van der Waals surface area contributed by atoms with Gasteiger partial charge in [-0.15, -0.1) is 0 Å². The summed E-state index contributed by atoms with van der Waals surface area (Å²) in [6.45, 7) is 8.86. The average molecular weight is 335 g/mol. The summed E-state index contributed by atoms with van der Waals surface area (Å²) in [5.41, 5.74) is 0.848. The number of amides is 3. The fourth-order valence-corrected chi connectivity index (χ4v) is 2.96. The van der Waals surface area contributed by atoms with Crippen molar-refractivity contribution in [1.29, 1.82) is 0 Å². The van der Waals surface area contributed by atoms with Gasteiger partial charge >= 0.3 is 6.03 Å². The molecule has 1 fully saturated rings. The van der Waals surface area contributed by atoms with Crippen LogP contribution in [0, 0.1) is 18.7 Å². The normalized spacial score (nSPS) is 18.0. The highest BCUT2D eigenvalue weighted by Gasteiger charge is 2.36. The van der Waals surface area contributed by atoms with Crippen molar-refractivity contribution in [3.05, 3.63) is 29.6 Å². The van der Waals surface area contributed by atoms with E-state index in [-0.39, 0.29) is 29.2 Å². The molecular formula is C18H26FN3O2. The van der Waals surface area contributed by atoms with E-state index >= 15 is 0 Å². The minimum Gasteiger partial charge on any atom is -0.337 e. The molecule has 0 saturated carbocycles. The van der Waals surface area contributed by atoms with Gasteiger partial charge < -0.3 is 15.1 Å². The van der Waals surface area contributed by atoms with Crippen molar-refractivity contribution in [2.45, 2.75) is 39.7 Å². The highest BCUT2D eigenvalue weighted by Crippen LogP contribution is 2.26. The summed E-state index contributed by atoms with van der Waals surface area (Å²) >= 11 is 0. The Balaban J connectivity index is 1.92. The van der Waals surface area contributed by atoms with E-state index < -0.39 is 0 Å². The third kappa shape index (κ3) is 4.24. The first kappa shape index (κ1) is 18.2. The summed E-state index contributed by atoms with van der Waals surface area (Å²) in [5, 5.41) is 2.76. The van der Waals surface area contributed by atoms with Gasteiger partial charge in [0, 0.05) is 43.7 Å². The molecule has 0 bridgehead atoms. The van der Waals surface area contributed by atoms with Gasteiger partial charge in [-0.25, -0.2) is 9.18 Å². The van der Waals surface area contributed by atoms with Crippen LogP contribution in [0.4, 0.5) is 14.9 Å². The van der Waals surface area contributed by atoms with Crippen molar-refractivity contribution < 1.29 is 14.0 Å². The zero-order valence-electron chi connectivity index (χ0n) is 15.0. The molecule has 1 atom stereocenters. The van der Waals surface area contributed by atoms with E-state index in [2.05, 4.69) is 5.32 Å². The number of likely N-dealkylation sites (tertiary alicyclic amines) is 1. The molecule has 0 aliphatic carbocycles. The summed E-state index contributed by atoms with van der Waals surface area (Å²) in [4.78, 5) is 27.8. The number of rotatable bonds is 3. The smallest absolute Gasteiger partial charge is 0.321 e. The molecule has 0 radical (unpaired) electrons. The van der Waals surface area contributed by atoms with Crippen molar-refractivity contribution >= 4 is 17.6 Å². The topological polar surface area (TPSA) is 52.7 Å². The Labute approximate surface area is 142 Å². The molecule has 1 aromatic rings. The SMILES string of the molecule is Cc1cc(NC(=O)N(C)C[C@H]2CC(=O)N(C(C)(C)C)C2)ccc1F. The average Bonchev–Trinajstić information content (AvgIpc) is 2.83. The fraction of sp³-hybridized carbons (Fsp3) is 0.556. The number of carbonyl (C=O) groups is 2. The third-order valence-electron chi connectivity index (χ3n) is 4.30. The maximum absolute atomic E-state index is 13.3. The zero-order chi connectivity index (χ0) is 18.1. The summed E-state index contributed by atoms with van der Waals surface area (Å²) < 4.78 is 13.3. The number of anilines is 1.